The molecule has 0 aliphatic carbocycles. The fourth-order valence-electron chi connectivity index (χ4n) is 2.24. The van der Waals surface area contributed by atoms with Crippen molar-refractivity contribution in [3.05, 3.63) is 48.2 Å². The number of nitrogens with zero attached hydrogens (tertiary/aromatic N) is 2. The first-order valence-electron chi connectivity index (χ1n) is 6.23. The summed E-state index contributed by atoms with van der Waals surface area (Å²) in [5, 5.41) is 4.18. The highest BCUT2D eigenvalue weighted by Gasteiger charge is 2.14. The lowest BCUT2D eigenvalue weighted by Gasteiger charge is -2.21. The lowest BCUT2D eigenvalue weighted by atomic mass is 10.1. The number of hydrogen-bond acceptors (Lipinski definition) is 3. The molecule has 0 spiro atoms. The summed E-state index contributed by atoms with van der Waals surface area (Å²) in [6.07, 6.45) is 3.34. The van der Waals surface area contributed by atoms with E-state index in [9.17, 15) is 0 Å². The Morgan fingerprint density at radius 3 is 2.83 bits per heavy atom. The molecule has 0 N–H and O–H groups in total. The normalized spacial score (nSPS) is 16.6. The summed E-state index contributed by atoms with van der Waals surface area (Å²) >= 11 is 0. The van der Waals surface area contributed by atoms with Crippen molar-refractivity contribution < 1.29 is 4.52 Å². The van der Waals surface area contributed by atoms with Crippen LogP contribution in [0.2, 0.25) is 0 Å². The molecule has 0 atom stereocenters. The molecule has 3 rings (SSSR count). The third-order valence-corrected chi connectivity index (χ3v) is 3.24. The molecule has 92 valence electrons. The molecule has 2 heterocycles. The van der Waals surface area contributed by atoms with E-state index in [0.717, 1.165) is 36.5 Å². The van der Waals surface area contributed by atoms with Crippen LogP contribution in [0, 0.1) is 0 Å². The van der Waals surface area contributed by atoms with Crippen LogP contribution in [0.5, 0.6) is 0 Å². The van der Waals surface area contributed by atoms with E-state index in [4.69, 9.17) is 4.52 Å². The second-order valence-corrected chi connectivity index (χ2v) is 4.70. The predicted molar refractivity (Wildman–Crippen MR) is 72.0 cm³/mol. The van der Waals surface area contributed by atoms with Crippen molar-refractivity contribution in [3.8, 4) is 11.3 Å². The molecule has 2 aromatic rings. The molecule has 0 unspecified atom stereocenters. The Bertz CT molecular complexity index is 557. The average Bonchev–Trinajstić information content (AvgIpc) is 2.89. The highest BCUT2D eigenvalue weighted by molar-refractivity contribution is 5.68. The van der Waals surface area contributed by atoms with Crippen molar-refractivity contribution in [1.82, 2.24) is 10.1 Å². The molecule has 1 aromatic carbocycles. The SMILES string of the molecule is CN1CCC=C(c2cc(-c3ccccc3)on2)C1. The zero-order chi connectivity index (χ0) is 12.4. The topological polar surface area (TPSA) is 29.3 Å². The van der Waals surface area contributed by atoms with Gasteiger partial charge in [-0.1, -0.05) is 41.6 Å². The van der Waals surface area contributed by atoms with Gasteiger partial charge in [-0.2, -0.15) is 0 Å². The molecule has 3 nitrogen and oxygen atoms in total. The first-order chi connectivity index (χ1) is 8.83. The molecule has 1 aliphatic rings. The van der Waals surface area contributed by atoms with Gasteiger partial charge in [0.05, 0.1) is 0 Å². The summed E-state index contributed by atoms with van der Waals surface area (Å²) < 4.78 is 5.43. The smallest absolute Gasteiger partial charge is 0.167 e. The van der Waals surface area contributed by atoms with Crippen molar-refractivity contribution >= 4 is 5.57 Å². The predicted octanol–water partition coefficient (Wildman–Crippen LogP) is 3.06. The Morgan fingerprint density at radius 2 is 2.06 bits per heavy atom. The maximum absolute atomic E-state index is 5.43. The van der Waals surface area contributed by atoms with Crippen LogP contribution in [0.25, 0.3) is 16.9 Å². The summed E-state index contributed by atoms with van der Waals surface area (Å²) in [5.41, 5.74) is 3.29. The number of hydrogen-bond donors (Lipinski definition) is 0. The van der Waals surface area contributed by atoms with Crippen LogP contribution < -0.4 is 0 Å². The largest absolute Gasteiger partial charge is 0.356 e. The highest BCUT2D eigenvalue weighted by Crippen LogP contribution is 2.25. The minimum atomic E-state index is 0.833. The van der Waals surface area contributed by atoms with Gasteiger partial charge in [-0.05, 0) is 19.0 Å². The van der Waals surface area contributed by atoms with E-state index in [1.54, 1.807) is 0 Å². The Hall–Kier alpha value is -1.87. The Labute approximate surface area is 107 Å². The lowest BCUT2D eigenvalue weighted by Crippen LogP contribution is -2.24. The van der Waals surface area contributed by atoms with Crippen LogP contribution in [0.3, 0.4) is 0 Å². The second-order valence-electron chi connectivity index (χ2n) is 4.70. The van der Waals surface area contributed by atoms with Gasteiger partial charge in [0.15, 0.2) is 5.76 Å². The third-order valence-electron chi connectivity index (χ3n) is 3.24. The monoisotopic (exact) mass is 240 g/mol. The van der Waals surface area contributed by atoms with Crippen LogP contribution in [-0.4, -0.2) is 30.2 Å². The molecule has 0 saturated heterocycles. The van der Waals surface area contributed by atoms with Crippen LogP contribution >= 0.6 is 0 Å². The van der Waals surface area contributed by atoms with E-state index in [-0.39, 0.29) is 0 Å². The summed E-state index contributed by atoms with van der Waals surface area (Å²) in [6, 6.07) is 12.1. The van der Waals surface area contributed by atoms with Gasteiger partial charge < -0.3 is 9.42 Å². The highest BCUT2D eigenvalue weighted by atomic mass is 16.5. The second kappa shape index (κ2) is 4.78. The van der Waals surface area contributed by atoms with E-state index in [1.165, 1.54) is 5.57 Å². The zero-order valence-electron chi connectivity index (χ0n) is 10.5. The maximum atomic E-state index is 5.43. The molecule has 0 bridgehead atoms. The minimum Gasteiger partial charge on any atom is -0.356 e. The van der Waals surface area contributed by atoms with Gasteiger partial charge >= 0.3 is 0 Å². The summed E-state index contributed by atoms with van der Waals surface area (Å²) in [6.45, 7) is 2.06. The number of benzene rings is 1. The summed E-state index contributed by atoms with van der Waals surface area (Å²) in [5.74, 6) is 0.833. The Balaban J connectivity index is 1.88. The number of likely N-dealkylation sites (N-methyl/N-ethyl adjacent to an activating group) is 1. The molecule has 0 amide bonds. The molecule has 0 fully saturated rings. The molecule has 3 heteroatoms. The van der Waals surface area contributed by atoms with Crippen molar-refractivity contribution in [1.29, 1.82) is 0 Å². The van der Waals surface area contributed by atoms with Crippen LogP contribution in [0.1, 0.15) is 12.1 Å². The Kier molecular flexibility index (Phi) is 2.99. The van der Waals surface area contributed by atoms with E-state index in [1.807, 2.05) is 36.4 Å². The number of rotatable bonds is 2. The van der Waals surface area contributed by atoms with Gasteiger partial charge in [-0.25, -0.2) is 0 Å². The van der Waals surface area contributed by atoms with Crippen molar-refractivity contribution in [2.24, 2.45) is 0 Å². The summed E-state index contributed by atoms with van der Waals surface area (Å²) in [4.78, 5) is 2.30. The molecular formula is C15H16N2O. The van der Waals surface area contributed by atoms with Crippen molar-refractivity contribution in [2.75, 3.05) is 20.1 Å². The molecule has 18 heavy (non-hydrogen) atoms. The minimum absolute atomic E-state index is 0.833. The average molecular weight is 240 g/mol. The quantitative estimate of drug-likeness (QED) is 0.808. The molecule has 0 saturated carbocycles. The van der Waals surface area contributed by atoms with E-state index in [2.05, 4.69) is 23.2 Å². The van der Waals surface area contributed by atoms with E-state index >= 15 is 0 Å². The lowest BCUT2D eigenvalue weighted by molar-refractivity contribution is 0.370. The third kappa shape index (κ3) is 2.22. The van der Waals surface area contributed by atoms with Crippen LogP contribution in [-0.2, 0) is 0 Å². The molecule has 0 radical (unpaired) electrons. The van der Waals surface area contributed by atoms with Crippen LogP contribution in [0.4, 0.5) is 0 Å². The summed E-state index contributed by atoms with van der Waals surface area (Å²) in [7, 11) is 2.13. The first kappa shape index (κ1) is 11.2. The van der Waals surface area contributed by atoms with Gasteiger partial charge in [0.1, 0.15) is 5.69 Å². The van der Waals surface area contributed by atoms with E-state index in [0.29, 0.717) is 0 Å². The van der Waals surface area contributed by atoms with E-state index < -0.39 is 0 Å². The molecular weight excluding hydrogens is 224 g/mol. The Morgan fingerprint density at radius 1 is 1.22 bits per heavy atom. The fourth-order valence-corrected chi connectivity index (χ4v) is 2.24. The zero-order valence-corrected chi connectivity index (χ0v) is 10.5. The van der Waals surface area contributed by atoms with Gasteiger partial charge in [-0.3, -0.25) is 0 Å². The first-order valence-corrected chi connectivity index (χ1v) is 6.23. The van der Waals surface area contributed by atoms with Gasteiger partial charge in [0, 0.05) is 24.7 Å². The van der Waals surface area contributed by atoms with Crippen molar-refractivity contribution in [2.45, 2.75) is 6.42 Å². The maximum Gasteiger partial charge on any atom is 0.167 e. The van der Waals surface area contributed by atoms with Crippen molar-refractivity contribution in [3.63, 3.8) is 0 Å². The number of aromatic nitrogens is 1. The molecule has 1 aliphatic heterocycles. The van der Waals surface area contributed by atoms with Gasteiger partial charge in [-0.15, -0.1) is 0 Å². The standard InChI is InChI=1S/C15H16N2O/c1-17-9-5-8-13(11-17)14-10-15(18-16-14)12-6-3-2-4-7-12/h2-4,6-8,10H,5,9,11H2,1H3. The fraction of sp³-hybridized carbons (Fsp3) is 0.267. The molecule has 1 aromatic heterocycles. The van der Waals surface area contributed by atoms with Crippen LogP contribution in [0.15, 0.2) is 47.0 Å². The van der Waals surface area contributed by atoms with Gasteiger partial charge in [0.25, 0.3) is 0 Å². The van der Waals surface area contributed by atoms with Gasteiger partial charge in [0.2, 0.25) is 0 Å².